The minimum absolute atomic E-state index is 0.365. The van der Waals surface area contributed by atoms with Crippen molar-refractivity contribution in [2.45, 2.75) is 12.3 Å². The summed E-state index contributed by atoms with van der Waals surface area (Å²) in [5.74, 6) is 0.565. The van der Waals surface area contributed by atoms with Crippen molar-refractivity contribution in [3.05, 3.63) is 59.9 Å². The molecule has 1 aliphatic heterocycles. The molecule has 0 spiro atoms. The Balaban J connectivity index is 1.83. The molecule has 1 aromatic carbocycles. The number of benzene rings is 1. The molecule has 1 aliphatic rings. The van der Waals surface area contributed by atoms with Gasteiger partial charge in [-0.2, -0.15) is 0 Å². The van der Waals surface area contributed by atoms with Crippen LogP contribution in [0.25, 0.3) is 0 Å². The van der Waals surface area contributed by atoms with Gasteiger partial charge in [-0.15, -0.1) is 0 Å². The Bertz CT molecular complexity index is 612. The van der Waals surface area contributed by atoms with Gasteiger partial charge in [0.1, 0.15) is 10.7 Å². The molecule has 1 aromatic heterocycles. The second kappa shape index (κ2) is 5.59. The molecule has 3 rings (SSSR count). The summed E-state index contributed by atoms with van der Waals surface area (Å²) in [4.78, 5) is 7.01. The van der Waals surface area contributed by atoms with Crippen molar-refractivity contribution in [3.8, 4) is 0 Å². The van der Waals surface area contributed by atoms with Crippen LogP contribution in [0.5, 0.6) is 0 Å². The highest BCUT2D eigenvalue weighted by atomic mass is 32.1. The molecule has 20 heavy (non-hydrogen) atoms. The minimum atomic E-state index is 0.365. The van der Waals surface area contributed by atoms with Gasteiger partial charge in [-0.25, -0.2) is 0 Å². The summed E-state index contributed by atoms with van der Waals surface area (Å²) < 4.78 is 0. The predicted octanol–water partition coefficient (Wildman–Crippen LogP) is 2.71. The van der Waals surface area contributed by atoms with Crippen LogP contribution in [0.1, 0.15) is 23.6 Å². The molecule has 0 amide bonds. The normalized spacial score (nSPS) is 18.2. The first-order valence-corrected chi connectivity index (χ1v) is 7.21. The Morgan fingerprint density at radius 1 is 1.20 bits per heavy atom. The third kappa shape index (κ3) is 2.51. The van der Waals surface area contributed by atoms with Crippen molar-refractivity contribution in [1.82, 2.24) is 4.98 Å². The number of anilines is 1. The molecule has 0 saturated carbocycles. The average Bonchev–Trinajstić information content (AvgIpc) is 2.98. The molecule has 0 bridgehead atoms. The molecule has 1 unspecified atom stereocenters. The number of rotatable bonds is 3. The number of aromatic nitrogens is 1. The highest BCUT2D eigenvalue weighted by molar-refractivity contribution is 7.80. The van der Waals surface area contributed by atoms with Gasteiger partial charge in [0.15, 0.2) is 0 Å². The van der Waals surface area contributed by atoms with Crippen molar-refractivity contribution in [2.24, 2.45) is 5.73 Å². The van der Waals surface area contributed by atoms with E-state index in [2.05, 4.69) is 46.3 Å². The summed E-state index contributed by atoms with van der Waals surface area (Å²) in [5.41, 5.74) is 8.96. The fourth-order valence-electron chi connectivity index (χ4n) is 2.82. The van der Waals surface area contributed by atoms with Gasteiger partial charge in [0.2, 0.25) is 0 Å². The molecule has 1 saturated heterocycles. The van der Waals surface area contributed by atoms with Gasteiger partial charge in [0.25, 0.3) is 0 Å². The first kappa shape index (κ1) is 13.1. The first-order valence-electron chi connectivity index (χ1n) is 6.80. The number of hydrogen-bond acceptors (Lipinski definition) is 3. The first-order chi connectivity index (χ1) is 9.75. The lowest BCUT2D eigenvalue weighted by Crippen LogP contribution is -2.24. The quantitative estimate of drug-likeness (QED) is 0.880. The Labute approximate surface area is 124 Å². The van der Waals surface area contributed by atoms with Crippen molar-refractivity contribution in [1.29, 1.82) is 0 Å². The fraction of sp³-hybridized carbons (Fsp3) is 0.250. The van der Waals surface area contributed by atoms with Crippen molar-refractivity contribution >= 4 is 22.9 Å². The van der Waals surface area contributed by atoms with Crippen LogP contribution < -0.4 is 10.6 Å². The third-order valence-corrected chi connectivity index (χ3v) is 4.01. The van der Waals surface area contributed by atoms with Crippen molar-refractivity contribution in [3.63, 3.8) is 0 Å². The van der Waals surface area contributed by atoms with Crippen LogP contribution in [0.15, 0.2) is 48.7 Å². The maximum Gasteiger partial charge on any atom is 0.124 e. The summed E-state index contributed by atoms with van der Waals surface area (Å²) >= 11 is 5.10. The second-order valence-corrected chi connectivity index (χ2v) is 5.52. The zero-order valence-electron chi connectivity index (χ0n) is 11.2. The lowest BCUT2D eigenvalue weighted by atomic mass is 9.99. The van der Waals surface area contributed by atoms with E-state index in [4.69, 9.17) is 18.0 Å². The summed E-state index contributed by atoms with van der Waals surface area (Å²) in [7, 11) is 0. The van der Waals surface area contributed by atoms with Crippen molar-refractivity contribution < 1.29 is 0 Å². The Morgan fingerprint density at radius 3 is 2.75 bits per heavy atom. The summed E-state index contributed by atoms with van der Waals surface area (Å²) in [6.45, 7) is 2.01. The van der Waals surface area contributed by atoms with Crippen molar-refractivity contribution in [2.75, 3.05) is 18.0 Å². The van der Waals surface area contributed by atoms with E-state index in [-0.39, 0.29) is 0 Å². The Kier molecular flexibility index (Phi) is 3.65. The highest BCUT2D eigenvalue weighted by Gasteiger charge is 2.25. The monoisotopic (exact) mass is 283 g/mol. The molecular weight excluding hydrogens is 266 g/mol. The van der Waals surface area contributed by atoms with Crippen LogP contribution in [-0.2, 0) is 0 Å². The van der Waals surface area contributed by atoms with E-state index in [1.165, 1.54) is 5.56 Å². The molecule has 2 heterocycles. The SMILES string of the molecule is NC(=S)c1ncccc1N1CCC(c2ccccc2)C1. The van der Waals surface area contributed by atoms with Gasteiger partial charge < -0.3 is 10.6 Å². The fourth-order valence-corrected chi connectivity index (χ4v) is 2.98. The maximum atomic E-state index is 5.77. The van der Waals surface area contributed by atoms with E-state index >= 15 is 0 Å². The van der Waals surface area contributed by atoms with E-state index in [0.29, 0.717) is 10.9 Å². The number of thiocarbonyl (C=S) groups is 1. The van der Waals surface area contributed by atoms with Crippen LogP contribution in [0.3, 0.4) is 0 Å². The highest BCUT2D eigenvalue weighted by Crippen LogP contribution is 2.31. The van der Waals surface area contributed by atoms with E-state index < -0.39 is 0 Å². The zero-order valence-corrected chi connectivity index (χ0v) is 12.0. The van der Waals surface area contributed by atoms with Crippen LogP contribution >= 0.6 is 12.2 Å². The van der Waals surface area contributed by atoms with E-state index in [1.807, 2.05) is 6.07 Å². The second-order valence-electron chi connectivity index (χ2n) is 5.08. The van der Waals surface area contributed by atoms with Gasteiger partial charge >= 0.3 is 0 Å². The summed E-state index contributed by atoms with van der Waals surface area (Å²) in [6, 6.07) is 14.6. The lowest BCUT2D eigenvalue weighted by molar-refractivity contribution is 0.775. The van der Waals surface area contributed by atoms with E-state index in [1.54, 1.807) is 6.20 Å². The smallest absolute Gasteiger partial charge is 0.124 e. The Morgan fingerprint density at radius 2 is 2.00 bits per heavy atom. The maximum absolute atomic E-state index is 5.77. The van der Waals surface area contributed by atoms with Crippen LogP contribution in [0.2, 0.25) is 0 Å². The van der Waals surface area contributed by atoms with Gasteiger partial charge in [-0.05, 0) is 24.1 Å². The molecule has 3 nitrogen and oxygen atoms in total. The molecule has 2 aromatic rings. The largest absolute Gasteiger partial charge is 0.388 e. The average molecular weight is 283 g/mol. The molecule has 1 atom stereocenters. The Hall–Kier alpha value is -1.94. The number of pyridine rings is 1. The standard InChI is InChI=1S/C16H17N3S/c17-16(20)15-14(7-4-9-18-15)19-10-8-13(11-19)12-5-2-1-3-6-12/h1-7,9,13H,8,10-11H2,(H2,17,20). The number of hydrogen-bond donors (Lipinski definition) is 1. The molecular formula is C16H17N3S. The van der Waals surface area contributed by atoms with Crippen LogP contribution in [0, 0.1) is 0 Å². The molecule has 1 fully saturated rings. The molecule has 2 N–H and O–H groups in total. The molecule has 4 heteroatoms. The lowest BCUT2D eigenvalue weighted by Gasteiger charge is -2.21. The van der Waals surface area contributed by atoms with Gasteiger partial charge in [0, 0.05) is 25.2 Å². The zero-order chi connectivity index (χ0) is 13.9. The third-order valence-electron chi connectivity index (χ3n) is 3.82. The summed E-state index contributed by atoms with van der Waals surface area (Å²) in [6.07, 6.45) is 2.89. The van der Waals surface area contributed by atoms with Gasteiger partial charge in [0.05, 0.1) is 5.69 Å². The minimum Gasteiger partial charge on any atom is -0.388 e. The van der Waals surface area contributed by atoms with Gasteiger partial charge in [-0.3, -0.25) is 4.98 Å². The molecule has 102 valence electrons. The predicted molar refractivity (Wildman–Crippen MR) is 86.1 cm³/mol. The van der Waals surface area contributed by atoms with E-state index in [9.17, 15) is 0 Å². The van der Waals surface area contributed by atoms with Gasteiger partial charge in [-0.1, -0.05) is 42.5 Å². The molecule has 0 radical (unpaired) electrons. The van der Waals surface area contributed by atoms with Crippen LogP contribution in [0.4, 0.5) is 5.69 Å². The number of nitrogens with zero attached hydrogens (tertiary/aromatic N) is 2. The number of nitrogens with two attached hydrogens (primary N) is 1. The summed E-state index contributed by atoms with van der Waals surface area (Å²) in [5, 5.41) is 0. The van der Waals surface area contributed by atoms with E-state index in [0.717, 1.165) is 30.9 Å². The molecule has 0 aliphatic carbocycles. The topological polar surface area (TPSA) is 42.1 Å². The van der Waals surface area contributed by atoms with Crippen LogP contribution in [-0.4, -0.2) is 23.1 Å².